The van der Waals surface area contributed by atoms with E-state index in [9.17, 15) is 4.79 Å². The van der Waals surface area contributed by atoms with E-state index >= 15 is 0 Å². The number of rotatable bonds is 2. The lowest BCUT2D eigenvalue weighted by Gasteiger charge is -2.32. The molecule has 1 aliphatic carbocycles. The van der Waals surface area contributed by atoms with E-state index in [4.69, 9.17) is 9.31 Å². The molecule has 1 amide bonds. The molecule has 1 aliphatic heterocycles. The fraction of sp³-hybridized carbons (Fsp3) is 0.600. The van der Waals surface area contributed by atoms with Gasteiger partial charge in [-0.05, 0) is 34.1 Å². The zero-order valence-electron chi connectivity index (χ0n) is 13.6. The Labute approximate surface area is 134 Å². The number of amides is 1. The van der Waals surface area contributed by atoms with E-state index in [-0.39, 0.29) is 30.0 Å². The van der Waals surface area contributed by atoms with Crippen molar-refractivity contribution < 1.29 is 14.1 Å². The highest BCUT2D eigenvalue weighted by molar-refractivity contribution is 7.13. The molecule has 2 heterocycles. The maximum Gasteiger partial charge on any atom is 0.465 e. The molecule has 5 nitrogen and oxygen atoms in total. The van der Waals surface area contributed by atoms with Crippen LogP contribution in [0.2, 0.25) is 5.82 Å². The highest BCUT2D eigenvalue weighted by Crippen LogP contribution is 2.41. The molecule has 118 valence electrons. The Bertz CT molecular complexity index is 710. The first kappa shape index (κ1) is 15.7. The highest BCUT2D eigenvalue weighted by Gasteiger charge is 2.53. The summed E-state index contributed by atoms with van der Waals surface area (Å²) in [5.41, 5.74) is -0.637. The average molecular weight is 320 g/mol. The molecule has 1 saturated heterocycles. The van der Waals surface area contributed by atoms with Crippen LogP contribution in [0.3, 0.4) is 0 Å². The largest absolute Gasteiger partial charge is 0.465 e. The van der Waals surface area contributed by atoms with Gasteiger partial charge in [0.1, 0.15) is 0 Å². The Balaban J connectivity index is 1.85. The number of hydrogen-bond acceptors (Lipinski definition) is 5. The summed E-state index contributed by atoms with van der Waals surface area (Å²) in [7, 11) is -0.249. The summed E-state index contributed by atoms with van der Waals surface area (Å²) in [6.07, 6.45) is 5.07. The molecule has 1 aromatic heterocycles. The number of carbonyl (C=O) groups excluding carboxylic acids is 1. The molecule has 1 N–H and O–H groups in total. The van der Waals surface area contributed by atoms with Crippen molar-refractivity contribution in [2.24, 2.45) is 0 Å². The Hall–Kier alpha value is -1.18. The average Bonchev–Trinajstić information content (AvgIpc) is 2.85. The van der Waals surface area contributed by atoms with E-state index in [1.54, 1.807) is 0 Å². The number of nitrogens with one attached hydrogen (secondary N) is 1. The van der Waals surface area contributed by atoms with Gasteiger partial charge < -0.3 is 14.6 Å². The second-order valence-corrected chi connectivity index (χ2v) is 7.88. The third-order valence-electron chi connectivity index (χ3n) is 4.53. The minimum Gasteiger partial charge on any atom is -0.403 e. The Morgan fingerprint density at radius 3 is 2.59 bits per heavy atom. The SMILES string of the molecule is CC(=O)Nc1nc2c(s1)=CC(B1OC(C)(C)C(C)(C)O1)CC=2. The number of anilines is 1. The van der Waals surface area contributed by atoms with Gasteiger partial charge in [-0.1, -0.05) is 23.5 Å². The first-order valence-corrected chi connectivity index (χ1v) is 8.32. The number of aromatic nitrogens is 1. The van der Waals surface area contributed by atoms with E-state index in [0.717, 1.165) is 16.3 Å². The second kappa shape index (κ2) is 5.18. The van der Waals surface area contributed by atoms with Gasteiger partial charge in [-0.25, -0.2) is 4.98 Å². The predicted molar refractivity (Wildman–Crippen MR) is 89.0 cm³/mol. The monoisotopic (exact) mass is 320 g/mol. The Morgan fingerprint density at radius 2 is 2.00 bits per heavy atom. The molecule has 0 bridgehead atoms. The van der Waals surface area contributed by atoms with Gasteiger partial charge in [-0.3, -0.25) is 4.79 Å². The van der Waals surface area contributed by atoms with Crippen molar-refractivity contribution in [1.29, 1.82) is 0 Å². The van der Waals surface area contributed by atoms with Crippen LogP contribution in [-0.2, 0) is 14.1 Å². The van der Waals surface area contributed by atoms with Gasteiger partial charge >= 0.3 is 7.12 Å². The summed E-state index contributed by atoms with van der Waals surface area (Å²) in [5.74, 6) is 0.0628. The minimum atomic E-state index is -0.319. The van der Waals surface area contributed by atoms with Crippen molar-refractivity contribution in [3.63, 3.8) is 0 Å². The quantitative estimate of drug-likeness (QED) is 0.840. The van der Waals surface area contributed by atoms with Gasteiger partial charge in [0.05, 0.1) is 21.1 Å². The molecule has 0 radical (unpaired) electrons. The molecule has 1 unspecified atom stereocenters. The lowest BCUT2D eigenvalue weighted by Crippen LogP contribution is -2.41. The molecule has 0 saturated carbocycles. The highest BCUT2D eigenvalue weighted by atomic mass is 32.1. The molecule has 0 spiro atoms. The number of fused-ring (bicyclic) bond motifs is 1. The lowest BCUT2D eigenvalue weighted by atomic mass is 9.69. The van der Waals surface area contributed by atoms with Crippen LogP contribution in [0, 0.1) is 0 Å². The van der Waals surface area contributed by atoms with Crippen molar-refractivity contribution in [1.82, 2.24) is 4.98 Å². The molecular weight excluding hydrogens is 299 g/mol. The van der Waals surface area contributed by atoms with Crippen LogP contribution in [0.1, 0.15) is 41.0 Å². The van der Waals surface area contributed by atoms with E-state index in [0.29, 0.717) is 5.13 Å². The lowest BCUT2D eigenvalue weighted by molar-refractivity contribution is -0.114. The molecule has 2 aliphatic rings. The summed E-state index contributed by atoms with van der Waals surface area (Å²) in [6, 6.07) is 0. The maximum atomic E-state index is 11.1. The van der Waals surface area contributed by atoms with Crippen LogP contribution < -0.4 is 15.2 Å². The van der Waals surface area contributed by atoms with E-state index in [1.165, 1.54) is 18.3 Å². The van der Waals surface area contributed by atoms with Crippen molar-refractivity contribution >= 4 is 41.6 Å². The second-order valence-electron chi connectivity index (χ2n) is 6.84. The fourth-order valence-corrected chi connectivity index (χ4v) is 3.60. The first-order chi connectivity index (χ1) is 10.2. The van der Waals surface area contributed by atoms with Crippen LogP contribution in [0.15, 0.2) is 0 Å². The molecular formula is C15H21BN2O3S. The fourth-order valence-electron chi connectivity index (χ4n) is 2.58. The Kier molecular flexibility index (Phi) is 3.70. The number of nitrogens with zero attached hydrogens (tertiary/aromatic N) is 1. The molecule has 1 fully saturated rings. The normalized spacial score (nSPS) is 25.1. The summed E-state index contributed by atoms with van der Waals surface area (Å²) in [6.45, 7) is 9.74. The summed E-state index contributed by atoms with van der Waals surface area (Å²) in [5, 5.41) is 4.31. The zero-order valence-corrected chi connectivity index (χ0v) is 14.4. The van der Waals surface area contributed by atoms with Crippen molar-refractivity contribution in [3.05, 3.63) is 9.88 Å². The van der Waals surface area contributed by atoms with Crippen LogP contribution in [0.25, 0.3) is 12.2 Å². The van der Waals surface area contributed by atoms with Gasteiger partial charge in [0, 0.05) is 12.7 Å². The topological polar surface area (TPSA) is 60.5 Å². The zero-order chi connectivity index (χ0) is 16.1. The first-order valence-electron chi connectivity index (χ1n) is 7.50. The molecule has 1 atom stereocenters. The van der Waals surface area contributed by atoms with Crippen molar-refractivity contribution in [2.75, 3.05) is 5.32 Å². The van der Waals surface area contributed by atoms with Crippen LogP contribution in [-0.4, -0.2) is 29.2 Å². The van der Waals surface area contributed by atoms with Gasteiger partial charge in [-0.2, -0.15) is 0 Å². The van der Waals surface area contributed by atoms with Gasteiger partial charge in [0.2, 0.25) is 5.91 Å². The van der Waals surface area contributed by atoms with Crippen LogP contribution in [0.5, 0.6) is 0 Å². The summed E-state index contributed by atoms with van der Waals surface area (Å²) < 4.78 is 13.3. The van der Waals surface area contributed by atoms with Gasteiger partial charge in [0.25, 0.3) is 0 Å². The molecule has 1 aromatic rings. The van der Waals surface area contributed by atoms with E-state index in [1.807, 2.05) is 0 Å². The van der Waals surface area contributed by atoms with Crippen molar-refractivity contribution in [3.8, 4) is 0 Å². The smallest absolute Gasteiger partial charge is 0.403 e. The summed E-state index contributed by atoms with van der Waals surface area (Å²) in [4.78, 5) is 15.6. The van der Waals surface area contributed by atoms with Gasteiger partial charge in [0.15, 0.2) is 5.13 Å². The minimum absolute atomic E-state index is 0.103. The van der Waals surface area contributed by atoms with E-state index in [2.05, 4.69) is 50.1 Å². The van der Waals surface area contributed by atoms with Crippen molar-refractivity contribution in [2.45, 2.75) is 58.1 Å². The Morgan fingerprint density at radius 1 is 1.36 bits per heavy atom. The molecule has 7 heteroatoms. The number of thiazole rings is 1. The molecule has 22 heavy (non-hydrogen) atoms. The maximum absolute atomic E-state index is 11.1. The van der Waals surface area contributed by atoms with Gasteiger partial charge in [-0.15, -0.1) is 0 Å². The van der Waals surface area contributed by atoms with Crippen LogP contribution in [0.4, 0.5) is 5.13 Å². The number of carbonyl (C=O) groups is 1. The number of hydrogen-bond donors (Lipinski definition) is 1. The summed E-state index contributed by atoms with van der Waals surface area (Å²) >= 11 is 1.49. The standard InChI is InChI=1S/C15H21BN2O3S/c1-9(19)17-13-18-11-7-6-10(8-12(11)22-13)16-20-14(2,3)15(4,5)21-16/h7-8,10H,6H2,1-5H3,(H,17,18,19). The predicted octanol–water partition coefficient (Wildman–Crippen LogP) is 1.53. The molecule has 0 aromatic carbocycles. The van der Waals surface area contributed by atoms with Crippen LogP contribution >= 0.6 is 11.3 Å². The third-order valence-corrected chi connectivity index (χ3v) is 5.49. The molecule has 3 rings (SSSR count). The van der Waals surface area contributed by atoms with E-state index < -0.39 is 0 Å². The third kappa shape index (κ3) is 2.73.